The molecule has 1 aromatic carbocycles. The fourth-order valence-corrected chi connectivity index (χ4v) is 1.91. The van der Waals surface area contributed by atoms with Crippen molar-refractivity contribution in [3.63, 3.8) is 0 Å². The van der Waals surface area contributed by atoms with E-state index in [-0.39, 0.29) is 5.56 Å². The van der Waals surface area contributed by atoms with Gasteiger partial charge in [-0.05, 0) is 25.0 Å². The molecule has 0 aliphatic carbocycles. The van der Waals surface area contributed by atoms with Gasteiger partial charge in [-0.3, -0.25) is 4.79 Å². The standard InChI is InChI=1S/C16H17F2NO3/c1-3-4-5-9-14(16(21)22-2)19-15(20)10-11-12(17)7-6-8-13(11)18/h1,6-8,14H,4-5,9-10H2,2H3,(H,19,20)/t14-/m1/s1. The van der Waals surface area contributed by atoms with Crippen molar-refractivity contribution in [2.45, 2.75) is 31.7 Å². The number of carbonyl (C=O) groups excluding carboxylic acids is 2. The topological polar surface area (TPSA) is 55.4 Å². The monoisotopic (exact) mass is 309 g/mol. The van der Waals surface area contributed by atoms with Gasteiger partial charge in [-0.1, -0.05) is 6.07 Å². The number of terminal acetylenes is 1. The second-order valence-corrected chi connectivity index (χ2v) is 4.62. The number of amides is 1. The van der Waals surface area contributed by atoms with E-state index in [1.54, 1.807) is 0 Å². The molecule has 1 aromatic rings. The maximum absolute atomic E-state index is 13.5. The first-order chi connectivity index (χ1) is 10.5. The molecular formula is C16H17F2NO3. The highest BCUT2D eigenvalue weighted by Crippen LogP contribution is 2.13. The van der Waals surface area contributed by atoms with E-state index in [2.05, 4.69) is 16.0 Å². The van der Waals surface area contributed by atoms with Crippen LogP contribution in [0.15, 0.2) is 18.2 Å². The van der Waals surface area contributed by atoms with Gasteiger partial charge in [-0.15, -0.1) is 12.3 Å². The largest absolute Gasteiger partial charge is 0.467 e. The van der Waals surface area contributed by atoms with Gasteiger partial charge >= 0.3 is 5.97 Å². The van der Waals surface area contributed by atoms with Crippen molar-refractivity contribution in [3.8, 4) is 12.3 Å². The number of unbranched alkanes of at least 4 members (excludes halogenated alkanes) is 1. The molecule has 0 aliphatic heterocycles. The van der Waals surface area contributed by atoms with Crippen molar-refractivity contribution >= 4 is 11.9 Å². The molecule has 4 nitrogen and oxygen atoms in total. The molecule has 0 spiro atoms. The summed E-state index contributed by atoms with van der Waals surface area (Å²) in [6.07, 6.45) is 5.89. The van der Waals surface area contributed by atoms with E-state index in [9.17, 15) is 18.4 Å². The number of hydrogen-bond acceptors (Lipinski definition) is 3. The number of ether oxygens (including phenoxy) is 1. The Bertz CT molecular complexity index is 561. The van der Waals surface area contributed by atoms with Gasteiger partial charge in [0.25, 0.3) is 0 Å². The highest BCUT2D eigenvalue weighted by atomic mass is 19.1. The summed E-state index contributed by atoms with van der Waals surface area (Å²) < 4.78 is 31.6. The van der Waals surface area contributed by atoms with E-state index in [0.717, 1.165) is 12.1 Å². The normalized spacial score (nSPS) is 11.4. The van der Waals surface area contributed by atoms with E-state index in [1.807, 2.05) is 0 Å². The number of halogens is 2. The summed E-state index contributed by atoms with van der Waals surface area (Å²) in [6, 6.07) is 2.45. The number of methoxy groups -OCH3 is 1. The zero-order valence-corrected chi connectivity index (χ0v) is 12.2. The highest BCUT2D eigenvalue weighted by molar-refractivity contribution is 5.85. The summed E-state index contributed by atoms with van der Waals surface area (Å²) in [4.78, 5) is 23.5. The number of hydrogen-bond donors (Lipinski definition) is 1. The summed E-state index contributed by atoms with van der Waals surface area (Å²) in [6.45, 7) is 0. The summed E-state index contributed by atoms with van der Waals surface area (Å²) in [5, 5.41) is 2.41. The van der Waals surface area contributed by atoms with Gasteiger partial charge in [0.2, 0.25) is 5.91 Å². The quantitative estimate of drug-likeness (QED) is 0.476. The van der Waals surface area contributed by atoms with Gasteiger partial charge in [0.15, 0.2) is 0 Å². The van der Waals surface area contributed by atoms with Crippen molar-refractivity contribution in [3.05, 3.63) is 35.4 Å². The van der Waals surface area contributed by atoms with Crippen LogP contribution in [-0.2, 0) is 20.7 Å². The first kappa shape index (κ1) is 17.6. The van der Waals surface area contributed by atoms with Crippen LogP contribution in [0.2, 0.25) is 0 Å². The van der Waals surface area contributed by atoms with Crippen LogP contribution < -0.4 is 5.32 Å². The van der Waals surface area contributed by atoms with Crippen molar-refractivity contribution in [1.29, 1.82) is 0 Å². The molecule has 0 bridgehead atoms. The predicted molar refractivity (Wildman–Crippen MR) is 76.7 cm³/mol. The van der Waals surface area contributed by atoms with E-state index in [0.29, 0.717) is 19.3 Å². The lowest BCUT2D eigenvalue weighted by molar-refractivity contribution is -0.145. The first-order valence-electron chi connectivity index (χ1n) is 6.73. The first-order valence-corrected chi connectivity index (χ1v) is 6.73. The molecule has 1 N–H and O–H groups in total. The molecule has 0 radical (unpaired) electrons. The van der Waals surface area contributed by atoms with Crippen molar-refractivity contribution in [2.75, 3.05) is 7.11 Å². The second-order valence-electron chi connectivity index (χ2n) is 4.62. The molecule has 1 atom stereocenters. The van der Waals surface area contributed by atoms with Gasteiger partial charge in [0.1, 0.15) is 17.7 Å². The Morgan fingerprint density at radius 1 is 1.36 bits per heavy atom. The third kappa shape index (κ3) is 5.17. The van der Waals surface area contributed by atoms with Crippen LogP contribution in [0.4, 0.5) is 8.78 Å². The van der Waals surface area contributed by atoms with Crippen molar-refractivity contribution < 1.29 is 23.1 Å². The molecule has 0 aliphatic rings. The lowest BCUT2D eigenvalue weighted by atomic mass is 10.1. The number of esters is 1. The lowest BCUT2D eigenvalue weighted by Crippen LogP contribution is -2.42. The number of nitrogens with one attached hydrogen (secondary N) is 1. The van der Waals surface area contributed by atoms with Crippen LogP contribution in [0.1, 0.15) is 24.8 Å². The molecule has 1 rings (SSSR count). The van der Waals surface area contributed by atoms with Gasteiger partial charge in [-0.2, -0.15) is 0 Å². The Hall–Kier alpha value is -2.42. The summed E-state index contributed by atoms with van der Waals surface area (Å²) in [5.74, 6) is -0.485. The SMILES string of the molecule is C#CCCC[C@@H](NC(=O)Cc1c(F)cccc1F)C(=O)OC. The van der Waals surface area contributed by atoms with Crippen molar-refractivity contribution in [1.82, 2.24) is 5.32 Å². The predicted octanol–water partition coefficient (Wildman–Crippen LogP) is 1.97. The summed E-state index contributed by atoms with van der Waals surface area (Å²) >= 11 is 0. The highest BCUT2D eigenvalue weighted by Gasteiger charge is 2.22. The minimum atomic E-state index is -0.888. The van der Waals surface area contributed by atoms with E-state index < -0.39 is 36.0 Å². The Kier molecular flexibility index (Phi) is 7.03. The minimum Gasteiger partial charge on any atom is -0.467 e. The molecule has 0 fully saturated rings. The lowest BCUT2D eigenvalue weighted by Gasteiger charge is -2.16. The zero-order valence-electron chi connectivity index (χ0n) is 12.2. The number of benzene rings is 1. The van der Waals surface area contributed by atoms with Gasteiger partial charge < -0.3 is 10.1 Å². The third-order valence-corrected chi connectivity index (χ3v) is 3.03. The Labute approximate surface area is 127 Å². The average Bonchev–Trinajstić information content (AvgIpc) is 2.49. The van der Waals surface area contributed by atoms with Crippen LogP contribution >= 0.6 is 0 Å². The average molecular weight is 309 g/mol. The zero-order chi connectivity index (χ0) is 16.5. The molecule has 0 saturated heterocycles. The molecule has 22 heavy (non-hydrogen) atoms. The molecule has 6 heteroatoms. The fourth-order valence-electron chi connectivity index (χ4n) is 1.91. The van der Waals surface area contributed by atoms with E-state index >= 15 is 0 Å². The number of rotatable bonds is 7. The number of carbonyl (C=O) groups is 2. The summed E-state index contributed by atoms with van der Waals surface area (Å²) in [5.41, 5.74) is -0.341. The second kappa shape index (κ2) is 8.78. The van der Waals surface area contributed by atoms with Crippen LogP contribution in [0.25, 0.3) is 0 Å². The van der Waals surface area contributed by atoms with Gasteiger partial charge in [0.05, 0.1) is 13.5 Å². The Balaban J connectivity index is 2.70. The molecule has 1 amide bonds. The van der Waals surface area contributed by atoms with Crippen LogP contribution in [-0.4, -0.2) is 25.0 Å². The van der Waals surface area contributed by atoms with Crippen molar-refractivity contribution in [2.24, 2.45) is 0 Å². The molecule has 118 valence electrons. The molecule has 0 aromatic heterocycles. The molecule has 0 saturated carbocycles. The molecular weight excluding hydrogens is 292 g/mol. The fraction of sp³-hybridized carbons (Fsp3) is 0.375. The van der Waals surface area contributed by atoms with Crippen LogP contribution in [0, 0.1) is 24.0 Å². The molecule has 0 unspecified atom stereocenters. The van der Waals surface area contributed by atoms with E-state index in [4.69, 9.17) is 6.42 Å². The smallest absolute Gasteiger partial charge is 0.328 e. The van der Waals surface area contributed by atoms with Crippen LogP contribution in [0.3, 0.4) is 0 Å². The third-order valence-electron chi connectivity index (χ3n) is 3.03. The van der Waals surface area contributed by atoms with Gasteiger partial charge in [0, 0.05) is 12.0 Å². The van der Waals surface area contributed by atoms with Gasteiger partial charge in [-0.25, -0.2) is 13.6 Å². The maximum Gasteiger partial charge on any atom is 0.328 e. The van der Waals surface area contributed by atoms with Crippen LogP contribution in [0.5, 0.6) is 0 Å². The maximum atomic E-state index is 13.5. The Morgan fingerprint density at radius 2 is 2.00 bits per heavy atom. The van der Waals surface area contributed by atoms with E-state index in [1.165, 1.54) is 13.2 Å². The molecule has 0 heterocycles. The Morgan fingerprint density at radius 3 is 2.55 bits per heavy atom. The summed E-state index contributed by atoms with van der Waals surface area (Å²) in [7, 11) is 1.19. The minimum absolute atomic E-state index is 0.294.